The molecule has 2 amide bonds. The Morgan fingerprint density at radius 1 is 1.24 bits per heavy atom. The van der Waals surface area contributed by atoms with Gasteiger partial charge in [0.05, 0.1) is 12.2 Å². The first-order chi connectivity index (χ1) is 13.8. The Morgan fingerprint density at radius 2 is 1.93 bits per heavy atom. The second kappa shape index (κ2) is 8.56. The van der Waals surface area contributed by atoms with Gasteiger partial charge in [-0.05, 0) is 31.0 Å². The van der Waals surface area contributed by atoms with Crippen molar-refractivity contribution >= 4 is 29.4 Å². The number of carbonyl (C=O) groups excluding carboxylic acids is 3. The molecule has 0 spiro atoms. The summed E-state index contributed by atoms with van der Waals surface area (Å²) in [7, 11) is 0. The van der Waals surface area contributed by atoms with Crippen LogP contribution in [0.5, 0.6) is 0 Å². The van der Waals surface area contributed by atoms with E-state index in [1.54, 1.807) is 4.90 Å². The fourth-order valence-electron chi connectivity index (χ4n) is 3.44. The molecule has 0 bridgehead atoms. The molecule has 9 nitrogen and oxygen atoms in total. The van der Waals surface area contributed by atoms with Gasteiger partial charge in [-0.15, -0.1) is 0 Å². The van der Waals surface area contributed by atoms with Crippen LogP contribution < -0.4 is 4.90 Å². The number of anilines is 1. The minimum Gasteiger partial charge on any atom is -0.478 e. The first-order valence-corrected chi connectivity index (χ1v) is 9.21. The molecule has 2 saturated heterocycles. The maximum absolute atomic E-state index is 14.3. The molecule has 2 atom stereocenters. The second-order valence-electron chi connectivity index (χ2n) is 6.81. The molecule has 1 aromatic rings. The zero-order valence-corrected chi connectivity index (χ0v) is 15.8. The highest BCUT2D eigenvalue weighted by molar-refractivity contribution is 6.02. The number of amides is 2. The Labute approximate surface area is 166 Å². The molecule has 0 unspecified atom stereocenters. The van der Waals surface area contributed by atoms with Crippen LogP contribution in [0, 0.1) is 5.82 Å². The highest BCUT2D eigenvalue weighted by Crippen LogP contribution is 2.25. The molecule has 0 saturated carbocycles. The largest absolute Gasteiger partial charge is 0.478 e. The van der Waals surface area contributed by atoms with E-state index in [1.165, 1.54) is 17.0 Å². The van der Waals surface area contributed by atoms with Crippen LogP contribution >= 0.6 is 0 Å². The van der Waals surface area contributed by atoms with Crippen molar-refractivity contribution in [3.8, 4) is 0 Å². The Morgan fingerprint density at radius 3 is 2.55 bits per heavy atom. The highest BCUT2D eigenvalue weighted by atomic mass is 19.1. The van der Waals surface area contributed by atoms with Gasteiger partial charge in [-0.2, -0.15) is 0 Å². The topological polar surface area (TPSA) is 113 Å². The van der Waals surface area contributed by atoms with Crippen molar-refractivity contribution in [2.45, 2.75) is 32.0 Å². The third-order valence-electron chi connectivity index (χ3n) is 4.82. The van der Waals surface area contributed by atoms with E-state index >= 15 is 0 Å². The number of likely N-dealkylation sites (tertiary alicyclic amines) is 1. The van der Waals surface area contributed by atoms with Crippen LogP contribution in [0.1, 0.15) is 30.1 Å². The van der Waals surface area contributed by atoms with Gasteiger partial charge in [-0.1, -0.05) is 0 Å². The average molecular weight is 408 g/mol. The van der Waals surface area contributed by atoms with E-state index in [2.05, 4.69) is 0 Å². The summed E-state index contributed by atoms with van der Waals surface area (Å²) in [6.45, 7) is 2.17. The number of nitrogens with zero attached hydrogens (tertiary/aromatic N) is 2. The number of carbonyl (C=O) groups is 4. The minimum atomic E-state index is -1.81. The van der Waals surface area contributed by atoms with Crippen molar-refractivity contribution in [1.82, 2.24) is 4.90 Å². The predicted octanol–water partition coefficient (Wildman–Crippen LogP) is 0.810. The van der Waals surface area contributed by atoms with Gasteiger partial charge in [0.25, 0.3) is 11.8 Å². The lowest BCUT2D eigenvalue weighted by Gasteiger charge is -2.34. The monoisotopic (exact) mass is 408 g/mol. The lowest BCUT2D eigenvalue weighted by atomic mass is 10.1. The molecule has 0 aromatic heterocycles. The molecule has 0 radical (unpaired) electrons. The highest BCUT2D eigenvalue weighted by Gasteiger charge is 2.42. The number of halogens is 1. The fourth-order valence-corrected chi connectivity index (χ4v) is 3.44. The molecule has 2 heterocycles. The van der Waals surface area contributed by atoms with Crippen molar-refractivity contribution < 1.29 is 38.1 Å². The number of carboxylic acids is 1. The first kappa shape index (κ1) is 20.7. The zero-order chi connectivity index (χ0) is 21.1. The Kier molecular flexibility index (Phi) is 6.12. The van der Waals surface area contributed by atoms with Crippen molar-refractivity contribution in [3.05, 3.63) is 29.6 Å². The SMILES string of the molecule is CC(=O)O[C@@H](C(=O)O)[C@H]1OCCN(c2ccc(F)c(C(=O)N3CCCC3)c2)C1=O. The van der Waals surface area contributed by atoms with Crippen LogP contribution in [0.15, 0.2) is 18.2 Å². The van der Waals surface area contributed by atoms with E-state index in [9.17, 15) is 28.7 Å². The average Bonchev–Trinajstić information content (AvgIpc) is 3.21. The number of ether oxygens (including phenoxy) is 2. The molecule has 1 N–H and O–H groups in total. The van der Waals surface area contributed by atoms with Crippen molar-refractivity contribution in [2.75, 3.05) is 31.1 Å². The van der Waals surface area contributed by atoms with E-state index in [0.717, 1.165) is 25.8 Å². The molecule has 10 heteroatoms. The summed E-state index contributed by atoms with van der Waals surface area (Å²) in [5.41, 5.74) is 0.0780. The molecule has 0 aliphatic carbocycles. The number of esters is 1. The molecular weight excluding hydrogens is 387 g/mol. The van der Waals surface area contributed by atoms with E-state index in [-0.39, 0.29) is 24.4 Å². The summed E-state index contributed by atoms with van der Waals surface area (Å²) in [6.07, 6.45) is -1.66. The van der Waals surface area contributed by atoms with Gasteiger partial charge < -0.3 is 24.4 Å². The van der Waals surface area contributed by atoms with Crippen LogP contribution in [-0.2, 0) is 23.9 Å². The van der Waals surface area contributed by atoms with Crippen LogP contribution in [0.4, 0.5) is 10.1 Å². The van der Waals surface area contributed by atoms with Crippen LogP contribution in [0.25, 0.3) is 0 Å². The molecule has 29 heavy (non-hydrogen) atoms. The molecule has 3 rings (SSSR count). The number of hydrogen-bond donors (Lipinski definition) is 1. The quantitative estimate of drug-likeness (QED) is 0.717. The third-order valence-corrected chi connectivity index (χ3v) is 4.82. The maximum Gasteiger partial charge on any atom is 0.348 e. The molecule has 2 aliphatic rings. The number of rotatable bonds is 5. The lowest BCUT2D eigenvalue weighted by Crippen LogP contribution is -2.55. The minimum absolute atomic E-state index is 0.0196. The van der Waals surface area contributed by atoms with Crippen molar-refractivity contribution in [3.63, 3.8) is 0 Å². The summed E-state index contributed by atoms with van der Waals surface area (Å²) in [5, 5.41) is 9.30. The van der Waals surface area contributed by atoms with Gasteiger partial charge in [0.1, 0.15) is 5.82 Å². The third kappa shape index (κ3) is 4.37. The van der Waals surface area contributed by atoms with Crippen molar-refractivity contribution in [1.29, 1.82) is 0 Å². The van der Waals surface area contributed by atoms with E-state index < -0.39 is 41.8 Å². The van der Waals surface area contributed by atoms with E-state index in [4.69, 9.17) is 9.47 Å². The van der Waals surface area contributed by atoms with Crippen LogP contribution in [0.2, 0.25) is 0 Å². The molecule has 2 fully saturated rings. The van der Waals surface area contributed by atoms with E-state index in [0.29, 0.717) is 13.1 Å². The summed E-state index contributed by atoms with van der Waals surface area (Å²) in [5.74, 6) is -4.31. The van der Waals surface area contributed by atoms with E-state index in [1.807, 2.05) is 0 Å². The van der Waals surface area contributed by atoms with Gasteiger partial charge in [0.15, 0.2) is 6.10 Å². The number of carboxylic acid groups (broad SMARTS) is 1. The summed E-state index contributed by atoms with van der Waals surface area (Å²) in [6, 6.07) is 3.70. The normalized spacial score (nSPS) is 20.5. The van der Waals surface area contributed by atoms with Crippen LogP contribution in [0.3, 0.4) is 0 Å². The van der Waals surface area contributed by atoms with Gasteiger partial charge in [-0.3, -0.25) is 14.4 Å². The van der Waals surface area contributed by atoms with Gasteiger partial charge in [0, 0.05) is 32.2 Å². The standard InChI is InChI=1S/C19H21FN2O7/c1-11(23)29-16(19(26)27)15-18(25)22(8-9-28-15)12-4-5-14(20)13(10-12)17(24)21-6-2-3-7-21/h4-5,10,15-16H,2-3,6-9H2,1H3,(H,26,27)/t15-,16-/m1/s1. The summed E-state index contributed by atoms with van der Waals surface area (Å²) >= 11 is 0. The molecule has 156 valence electrons. The predicted molar refractivity (Wildman–Crippen MR) is 96.8 cm³/mol. The van der Waals surface area contributed by atoms with Crippen molar-refractivity contribution in [2.24, 2.45) is 0 Å². The summed E-state index contributed by atoms with van der Waals surface area (Å²) in [4.78, 5) is 50.8. The number of aliphatic carboxylic acids is 1. The zero-order valence-electron chi connectivity index (χ0n) is 15.8. The second-order valence-corrected chi connectivity index (χ2v) is 6.81. The Bertz CT molecular complexity index is 838. The summed E-state index contributed by atoms with van der Waals surface area (Å²) < 4.78 is 24.3. The van der Waals surface area contributed by atoms with Gasteiger partial charge in [0.2, 0.25) is 6.10 Å². The van der Waals surface area contributed by atoms with Crippen LogP contribution in [-0.4, -0.2) is 72.2 Å². The number of benzene rings is 1. The van der Waals surface area contributed by atoms with Gasteiger partial charge >= 0.3 is 11.9 Å². The smallest absolute Gasteiger partial charge is 0.348 e. The van der Waals surface area contributed by atoms with Gasteiger partial charge in [-0.25, -0.2) is 9.18 Å². The number of hydrogen-bond acceptors (Lipinski definition) is 6. The molecule has 1 aromatic carbocycles. The maximum atomic E-state index is 14.3. The molecule has 2 aliphatic heterocycles. The first-order valence-electron chi connectivity index (χ1n) is 9.21. The molecular formula is C19H21FN2O7. The fraction of sp³-hybridized carbons (Fsp3) is 0.474. The lowest BCUT2D eigenvalue weighted by molar-refractivity contribution is -0.177. The Hall–Kier alpha value is -3.01. The Balaban J connectivity index is 1.86. The number of morpholine rings is 1.